The molecule has 1 aromatic heterocycles. The molecule has 0 radical (unpaired) electrons. The van der Waals surface area contributed by atoms with Crippen molar-refractivity contribution in [3.05, 3.63) is 17.2 Å². The Hall–Kier alpha value is -1.29. The van der Waals surface area contributed by atoms with Crippen LogP contribution in [-0.4, -0.2) is 18.6 Å². The Balaban J connectivity index is 2.53. The standard InChI is InChI=1S/C16H24N2OS/c1-6-7-8-19-12-9-11(4)14-15(13(12)10(2)3)20-16(17-5)18-14/h9-10H,6-8H2,1-5H3,(H,17,18). The van der Waals surface area contributed by atoms with Crippen molar-refractivity contribution in [1.29, 1.82) is 0 Å². The molecule has 0 aliphatic rings. The lowest BCUT2D eigenvalue weighted by molar-refractivity contribution is 0.305. The SMILES string of the molecule is CCCCOc1cc(C)c2nc(NC)sc2c1C(C)C. The van der Waals surface area contributed by atoms with Crippen LogP contribution in [0.15, 0.2) is 6.07 Å². The van der Waals surface area contributed by atoms with Gasteiger partial charge in [-0.15, -0.1) is 0 Å². The van der Waals surface area contributed by atoms with Crippen LogP contribution in [0.4, 0.5) is 5.13 Å². The fourth-order valence-electron chi connectivity index (χ4n) is 2.32. The first-order chi connectivity index (χ1) is 9.58. The molecule has 0 amide bonds. The maximum absolute atomic E-state index is 6.03. The van der Waals surface area contributed by atoms with Gasteiger partial charge in [-0.1, -0.05) is 38.5 Å². The molecule has 2 rings (SSSR count). The average molecular weight is 292 g/mol. The van der Waals surface area contributed by atoms with Crippen LogP contribution in [0.25, 0.3) is 10.2 Å². The summed E-state index contributed by atoms with van der Waals surface area (Å²) in [4.78, 5) is 4.66. The fourth-order valence-corrected chi connectivity index (χ4v) is 3.51. The van der Waals surface area contributed by atoms with Gasteiger partial charge < -0.3 is 10.1 Å². The maximum atomic E-state index is 6.03. The van der Waals surface area contributed by atoms with Gasteiger partial charge in [0.05, 0.1) is 16.8 Å². The normalized spacial score (nSPS) is 11.3. The predicted octanol–water partition coefficient (Wildman–Crippen LogP) is 4.95. The highest BCUT2D eigenvalue weighted by atomic mass is 32.1. The van der Waals surface area contributed by atoms with Gasteiger partial charge in [-0.05, 0) is 30.9 Å². The molecule has 0 saturated heterocycles. The predicted molar refractivity (Wildman–Crippen MR) is 88.4 cm³/mol. The van der Waals surface area contributed by atoms with Crippen molar-refractivity contribution >= 4 is 26.7 Å². The van der Waals surface area contributed by atoms with Gasteiger partial charge in [0.1, 0.15) is 5.75 Å². The molecule has 0 aliphatic heterocycles. The van der Waals surface area contributed by atoms with Crippen molar-refractivity contribution in [3.63, 3.8) is 0 Å². The van der Waals surface area contributed by atoms with Crippen LogP contribution in [0.2, 0.25) is 0 Å². The molecule has 0 aliphatic carbocycles. The van der Waals surface area contributed by atoms with Crippen molar-refractivity contribution < 1.29 is 4.74 Å². The highest BCUT2D eigenvalue weighted by molar-refractivity contribution is 7.22. The average Bonchev–Trinajstić information content (AvgIpc) is 2.83. The summed E-state index contributed by atoms with van der Waals surface area (Å²) in [6.07, 6.45) is 2.25. The minimum Gasteiger partial charge on any atom is -0.493 e. The molecule has 0 saturated carbocycles. The molecule has 4 heteroatoms. The number of unbranched alkanes of at least 4 members (excludes halogenated alkanes) is 1. The lowest BCUT2D eigenvalue weighted by Crippen LogP contribution is -2.02. The second kappa shape index (κ2) is 6.44. The van der Waals surface area contributed by atoms with E-state index in [-0.39, 0.29) is 0 Å². The number of fused-ring (bicyclic) bond motifs is 1. The van der Waals surface area contributed by atoms with Gasteiger partial charge in [-0.3, -0.25) is 0 Å². The lowest BCUT2D eigenvalue weighted by Gasteiger charge is -2.16. The van der Waals surface area contributed by atoms with E-state index < -0.39 is 0 Å². The number of aromatic nitrogens is 1. The number of thiazole rings is 1. The van der Waals surface area contributed by atoms with Gasteiger partial charge in [0.15, 0.2) is 5.13 Å². The summed E-state index contributed by atoms with van der Waals surface area (Å²) in [5, 5.41) is 4.12. The van der Waals surface area contributed by atoms with E-state index >= 15 is 0 Å². The topological polar surface area (TPSA) is 34.1 Å². The molecule has 1 aromatic carbocycles. The van der Waals surface area contributed by atoms with Crippen LogP contribution in [0.5, 0.6) is 5.75 Å². The van der Waals surface area contributed by atoms with E-state index in [1.54, 1.807) is 11.3 Å². The molecule has 0 atom stereocenters. The molecule has 20 heavy (non-hydrogen) atoms. The van der Waals surface area contributed by atoms with Crippen molar-refractivity contribution in [2.45, 2.75) is 46.5 Å². The third kappa shape index (κ3) is 2.90. The summed E-state index contributed by atoms with van der Waals surface area (Å²) < 4.78 is 7.29. The molecule has 0 unspecified atom stereocenters. The van der Waals surface area contributed by atoms with E-state index in [0.29, 0.717) is 5.92 Å². The summed E-state index contributed by atoms with van der Waals surface area (Å²) >= 11 is 1.72. The monoisotopic (exact) mass is 292 g/mol. The Kier molecular flexibility index (Phi) is 4.86. The highest BCUT2D eigenvalue weighted by Gasteiger charge is 2.18. The second-order valence-corrected chi connectivity index (χ2v) is 6.41. The van der Waals surface area contributed by atoms with E-state index in [4.69, 9.17) is 4.74 Å². The number of hydrogen-bond acceptors (Lipinski definition) is 4. The summed E-state index contributed by atoms with van der Waals surface area (Å²) in [7, 11) is 1.92. The van der Waals surface area contributed by atoms with E-state index in [1.807, 2.05) is 7.05 Å². The van der Waals surface area contributed by atoms with Crippen LogP contribution in [0.1, 0.15) is 50.7 Å². The molecule has 2 aromatic rings. The van der Waals surface area contributed by atoms with Gasteiger partial charge >= 0.3 is 0 Å². The van der Waals surface area contributed by atoms with Gasteiger partial charge in [-0.25, -0.2) is 4.98 Å². The lowest BCUT2D eigenvalue weighted by atomic mass is 9.99. The van der Waals surface area contributed by atoms with Crippen LogP contribution in [0.3, 0.4) is 0 Å². The Morgan fingerprint density at radius 3 is 2.75 bits per heavy atom. The zero-order valence-corrected chi connectivity index (χ0v) is 13.9. The number of hydrogen-bond donors (Lipinski definition) is 1. The first-order valence-electron chi connectivity index (χ1n) is 7.33. The van der Waals surface area contributed by atoms with Gasteiger partial charge in [0.2, 0.25) is 0 Å². The number of nitrogens with zero attached hydrogens (tertiary/aromatic N) is 1. The third-order valence-corrected chi connectivity index (χ3v) is 4.51. The molecule has 110 valence electrons. The Labute approximate surface area is 125 Å². The quantitative estimate of drug-likeness (QED) is 0.765. The molecular formula is C16H24N2OS. The van der Waals surface area contributed by atoms with E-state index in [1.165, 1.54) is 15.8 Å². The molecule has 0 bridgehead atoms. The summed E-state index contributed by atoms with van der Waals surface area (Å²) in [5.41, 5.74) is 3.58. The fraction of sp³-hybridized carbons (Fsp3) is 0.562. The van der Waals surface area contributed by atoms with Crippen molar-refractivity contribution in [1.82, 2.24) is 4.98 Å². The Bertz CT molecular complexity index is 590. The smallest absolute Gasteiger partial charge is 0.183 e. The summed E-state index contributed by atoms with van der Waals surface area (Å²) in [5.74, 6) is 1.46. The van der Waals surface area contributed by atoms with Gasteiger partial charge in [0, 0.05) is 12.6 Å². The number of nitrogens with one attached hydrogen (secondary N) is 1. The van der Waals surface area contributed by atoms with Crippen LogP contribution < -0.4 is 10.1 Å². The van der Waals surface area contributed by atoms with Crippen molar-refractivity contribution in [3.8, 4) is 5.75 Å². The first-order valence-corrected chi connectivity index (χ1v) is 8.14. The Morgan fingerprint density at radius 1 is 1.40 bits per heavy atom. The second-order valence-electron chi connectivity index (χ2n) is 5.41. The largest absolute Gasteiger partial charge is 0.493 e. The molecule has 0 spiro atoms. The third-order valence-electron chi connectivity index (χ3n) is 3.41. The molecule has 1 heterocycles. The van der Waals surface area contributed by atoms with Crippen molar-refractivity contribution in [2.24, 2.45) is 0 Å². The molecular weight excluding hydrogens is 268 g/mol. The van der Waals surface area contributed by atoms with Crippen LogP contribution in [0, 0.1) is 6.92 Å². The van der Waals surface area contributed by atoms with E-state index in [9.17, 15) is 0 Å². The van der Waals surface area contributed by atoms with E-state index in [2.05, 4.69) is 44.1 Å². The van der Waals surface area contributed by atoms with Crippen LogP contribution >= 0.6 is 11.3 Å². The zero-order valence-electron chi connectivity index (χ0n) is 13.0. The summed E-state index contributed by atoms with van der Waals surface area (Å²) in [6.45, 7) is 9.52. The van der Waals surface area contributed by atoms with Crippen LogP contribution in [-0.2, 0) is 0 Å². The minimum atomic E-state index is 0.430. The number of rotatable bonds is 6. The van der Waals surface area contributed by atoms with Gasteiger partial charge in [-0.2, -0.15) is 0 Å². The number of anilines is 1. The first kappa shape index (κ1) is 15.1. The number of ether oxygens (including phenoxy) is 1. The summed E-state index contributed by atoms with van der Waals surface area (Å²) in [6, 6.07) is 2.15. The highest BCUT2D eigenvalue weighted by Crippen LogP contribution is 2.40. The Morgan fingerprint density at radius 2 is 2.15 bits per heavy atom. The molecule has 0 fully saturated rings. The minimum absolute atomic E-state index is 0.430. The van der Waals surface area contributed by atoms with Crippen molar-refractivity contribution in [2.75, 3.05) is 19.0 Å². The molecule has 1 N–H and O–H groups in total. The number of benzene rings is 1. The van der Waals surface area contributed by atoms with Gasteiger partial charge in [0.25, 0.3) is 0 Å². The maximum Gasteiger partial charge on any atom is 0.183 e. The molecule has 3 nitrogen and oxygen atoms in total. The zero-order chi connectivity index (χ0) is 14.7. The van der Waals surface area contributed by atoms with E-state index in [0.717, 1.165) is 35.8 Å². The number of aryl methyl sites for hydroxylation is 1.